The average molecular weight is 341 g/mol. The first-order valence-corrected chi connectivity index (χ1v) is 9.59. The average Bonchev–Trinajstić information content (AvgIpc) is 2.90. The molecule has 124 valence electrons. The Labute approximate surface area is 141 Å². The fourth-order valence-corrected chi connectivity index (χ4v) is 5.00. The summed E-state index contributed by atoms with van der Waals surface area (Å²) in [6.07, 6.45) is 2.69. The van der Waals surface area contributed by atoms with Gasteiger partial charge in [-0.1, -0.05) is 48.5 Å². The van der Waals surface area contributed by atoms with Gasteiger partial charge in [-0.25, -0.2) is 13.1 Å². The predicted molar refractivity (Wildman–Crippen MR) is 93.7 cm³/mol. The van der Waals surface area contributed by atoms with Crippen molar-refractivity contribution in [3.63, 3.8) is 0 Å². The molecule has 5 heteroatoms. The predicted octanol–water partition coefficient (Wildman–Crippen LogP) is 2.55. The summed E-state index contributed by atoms with van der Waals surface area (Å²) in [6, 6.07) is 14.8. The summed E-state index contributed by atoms with van der Waals surface area (Å²) in [7, 11) is -3.63. The van der Waals surface area contributed by atoms with Crippen LogP contribution < -0.4 is 4.72 Å². The molecule has 0 heterocycles. The molecule has 0 spiro atoms. The topological polar surface area (TPSA) is 66.4 Å². The number of hydrogen-bond donors (Lipinski definition) is 2. The van der Waals surface area contributed by atoms with E-state index in [4.69, 9.17) is 0 Å². The molecular weight excluding hydrogens is 322 g/mol. The first-order valence-electron chi connectivity index (χ1n) is 8.11. The Hall–Kier alpha value is -1.95. The minimum absolute atomic E-state index is 0.387. The first-order chi connectivity index (χ1) is 11.5. The van der Waals surface area contributed by atoms with Crippen molar-refractivity contribution in [2.24, 2.45) is 0 Å². The van der Waals surface area contributed by atoms with Gasteiger partial charge in [0.05, 0.1) is 17.1 Å². The van der Waals surface area contributed by atoms with Gasteiger partial charge in [0.1, 0.15) is 0 Å². The highest BCUT2D eigenvalue weighted by molar-refractivity contribution is 7.93. The second kappa shape index (κ2) is 5.84. The molecule has 0 saturated carbocycles. The lowest BCUT2D eigenvalue weighted by molar-refractivity contribution is 0.152. The lowest BCUT2D eigenvalue weighted by Gasteiger charge is -2.21. The smallest absolute Gasteiger partial charge is 0.237 e. The van der Waals surface area contributed by atoms with Gasteiger partial charge in [-0.15, -0.1) is 0 Å². The minimum atomic E-state index is -3.63. The third kappa shape index (κ3) is 2.69. The number of benzene rings is 2. The highest BCUT2D eigenvalue weighted by Gasteiger charge is 2.35. The monoisotopic (exact) mass is 341 g/mol. The number of sulfonamides is 1. The molecule has 4 rings (SSSR count). The zero-order chi connectivity index (χ0) is 16.7. The van der Waals surface area contributed by atoms with Gasteiger partial charge in [-0.2, -0.15) is 0 Å². The van der Waals surface area contributed by atoms with E-state index in [9.17, 15) is 13.5 Å². The van der Waals surface area contributed by atoms with E-state index in [1.807, 2.05) is 48.5 Å². The fraction of sp³-hybridized carbons (Fsp3) is 0.263. The molecule has 0 radical (unpaired) electrons. The van der Waals surface area contributed by atoms with Crippen LogP contribution in [0.25, 0.3) is 6.08 Å². The van der Waals surface area contributed by atoms with Crippen LogP contribution in [0.4, 0.5) is 0 Å². The van der Waals surface area contributed by atoms with Crippen molar-refractivity contribution in [1.29, 1.82) is 0 Å². The van der Waals surface area contributed by atoms with E-state index in [1.54, 1.807) is 6.08 Å². The fourth-order valence-electron chi connectivity index (χ4n) is 3.58. The maximum absolute atomic E-state index is 12.8. The summed E-state index contributed by atoms with van der Waals surface area (Å²) >= 11 is 0. The third-order valence-corrected chi connectivity index (χ3v) is 6.42. The summed E-state index contributed by atoms with van der Waals surface area (Å²) in [6.45, 7) is 0. The van der Waals surface area contributed by atoms with Crippen molar-refractivity contribution in [3.05, 3.63) is 75.7 Å². The molecular formula is C19H19NO3S. The molecule has 0 aromatic heterocycles. The van der Waals surface area contributed by atoms with E-state index in [1.165, 1.54) is 5.56 Å². The number of rotatable bonds is 3. The molecule has 2 N–H and O–H groups in total. The Morgan fingerprint density at radius 2 is 1.67 bits per heavy atom. The number of hydrogen-bond acceptors (Lipinski definition) is 3. The van der Waals surface area contributed by atoms with Crippen LogP contribution in [0.1, 0.15) is 34.7 Å². The summed E-state index contributed by atoms with van der Waals surface area (Å²) in [5, 5.41) is 10.3. The minimum Gasteiger partial charge on any atom is -0.391 e. The van der Waals surface area contributed by atoms with Gasteiger partial charge < -0.3 is 5.11 Å². The summed E-state index contributed by atoms with van der Waals surface area (Å²) in [5.41, 5.74) is 3.99. The molecule has 0 unspecified atom stereocenters. The molecule has 0 aliphatic heterocycles. The number of aliphatic hydroxyl groups is 1. The van der Waals surface area contributed by atoms with Gasteiger partial charge in [0.15, 0.2) is 0 Å². The van der Waals surface area contributed by atoms with Crippen LogP contribution in [0.3, 0.4) is 0 Å². The normalized spacial score (nSPS) is 22.6. The van der Waals surface area contributed by atoms with E-state index < -0.39 is 22.2 Å². The molecule has 0 amide bonds. The summed E-state index contributed by atoms with van der Waals surface area (Å²) < 4.78 is 28.3. The Balaban J connectivity index is 1.64. The van der Waals surface area contributed by atoms with Crippen molar-refractivity contribution in [2.75, 3.05) is 0 Å². The highest BCUT2D eigenvalue weighted by Crippen LogP contribution is 2.34. The Morgan fingerprint density at radius 3 is 2.50 bits per heavy atom. The van der Waals surface area contributed by atoms with Gasteiger partial charge in [0.25, 0.3) is 0 Å². The lowest BCUT2D eigenvalue weighted by Crippen LogP contribution is -2.35. The van der Waals surface area contributed by atoms with Gasteiger partial charge in [0, 0.05) is 6.42 Å². The third-order valence-electron chi connectivity index (χ3n) is 4.84. The van der Waals surface area contributed by atoms with Crippen LogP contribution in [0.15, 0.2) is 53.4 Å². The van der Waals surface area contributed by atoms with Crippen molar-refractivity contribution in [3.8, 4) is 0 Å². The van der Waals surface area contributed by atoms with Crippen LogP contribution in [-0.4, -0.2) is 19.6 Å². The molecule has 0 saturated heterocycles. The van der Waals surface area contributed by atoms with Crippen LogP contribution in [0, 0.1) is 0 Å². The van der Waals surface area contributed by atoms with Crippen molar-refractivity contribution < 1.29 is 13.5 Å². The van der Waals surface area contributed by atoms with E-state index in [-0.39, 0.29) is 0 Å². The lowest BCUT2D eigenvalue weighted by atomic mass is 9.98. The highest BCUT2D eigenvalue weighted by atomic mass is 32.2. The summed E-state index contributed by atoms with van der Waals surface area (Å²) in [4.78, 5) is 0.387. The van der Waals surface area contributed by atoms with Gasteiger partial charge in [-0.3, -0.25) is 0 Å². The van der Waals surface area contributed by atoms with E-state index in [0.29, 0.717) is 24.2 Å². The standard InChI is InChI=1S/C19H19NO3S/c21-18-12-15-7-3-4-8-17(15)19(18)20-24(22,23)16-10-9-13-5-1-2-6-14(13)11-16/h1-8,11,18-21H,9-10,12H2/t18-,19+/m1/s1. The van der Waals surface area contributed by atoms with Crippen LogP contribution in [0.5, 0.6) is 0 Å². The Bertz CT molecular complexity index is 918. The van der Waals surface area contributed by atoms with Gasteiger partial charge in [-0.05, 0) is 41.2 Å². The molecule has 24 heavy (non-hydrogen) atoms. The molecule has 2 aromatic carbocycles. The number of nitrogens with one attached hydrogen (secondary N) is 1. The molecule has 4 nitrogen and oxygen atoms in total. The molecule has 0 fully saturated rings. The van der Waals surface area contributed by atoms with Crippen LogP contribution in [0.2, 0.25) is 0 Å². The van der Waals surface area contributed by atoms with Crippen molar-refractivity contribution in [1.82, 2.24) is 4.72 Å². The largest absolute Gasteiger partial charge is 0.391 e. The van der Waals surface area contributed by atoms with Crippen molar-refractivity contribution in [2.45, 2.75) is 31.4 Å². The van der Waals surface area contributed by atoms with E-state index in [2.05, 4.69) is 4.72 Å². The summed E-state index contributed by atoms with van der Waals surface area (Å²) in [5.74, 6) is 0. The van der Waals surface area contributed by atoms with Gasteiger partial charge in [0.2, 0.25) is 10.0 Å². The molecule has 0 bridgehead atoms. The number of fused-ring (bicyclic) bond motifs is 2. The second-order valence-electron chi connectivity index (χ2n) is 6.38. The van der Waals surface area contributed by atoms with E-state index in [0.717, 1.165) is 16.7 Å². The Morgan fingerprint density at radius 1 is 0.958 bits per heavy atom. The zero-order valence-corrected chi connectivity index (χ0v) is 14.0. The first kappa shape index (κ1) is 15.6. The van der Waals surface area contributed by atoms with E-state index >= 15 is 0 Å². The van der Waals surface area contributed by atoms with Crippen LogP contribution >= 0.6 is 0 Å². The Kier molecular flexibility index (Phi) is 3.79. The quantitative estimate of drug-likeness (QED) is 0.902. The van der Waals surface area contributed by atoms with Gasteiger partial charge >= 0.3 is 0 Å². The number of aliphatic hydroxyl groups excluding tert-OH is 1. The SMILES string of the molecule is O=S(=O)(N[C@H]1c2ccccc2C[C@H]1O)C1=Cc2ccccc2CC1. The molecule has 2 aliphatic rings. The molecule has 2 atom stereocenters. The zero-order valence-electron chi connectivity index (χ0n) is 13.1. The van der Waals surface area contributed by atoms with Crippen molar-refractivity contribution >= 4 is 16.1 Å². The molecule has 2 aromatic rings. The molecule has 2 aliphatic carbocycles. The maximum atomic E-state index is 12.8. The van der Waals surface area contributed by atoms with Crippen LogP contribution in [-0.2, 0) is 22.9 Å². The number of aryl methyl sites for hydroxylation is 1. The number of allylic oxidation sites excluding steroid dienone is 1. The maximum Gasteiger partial charge on any atom is 0.237 e. The second-order valence-corrected chi connectivity index (χ2v) is 8.15.